The summed E-state index contributed by atoms with van der Waals surface area (Å²) in [5.41, 5.74) is 1.53. The molecule has 0 fully saturated rings. The van der Waals surface area contributed by atoms with Crippen LogP contribution in [0.3, 0.4) is 0 Å². The summed E-state index contributed by atoms with van der Waals surface area (Å²) in [5.74, 6) is 0.822. The predicted octanol–water partition coefficient (Wildman–Crippen LogP) is 3.46. The number of anilines is 1. The standard InChI is InChI=1S/C17H16N4O2S/c1-2-5-12-9-15(22)21-17(19-12)24-16(20-21)18-10-13-8-11-6-3-4-7-14(11)23-13/h3-4,6-9H,2,5,10H2,1H3,(H,18,20). The normalized spacial score (nSPS) is 11.4. The smallest absolute Gasteiger partial charge is 0.275 e. The number of aromatic nitrogens is 3. The van der Waals surface area contributed by atoms with Crippen LogP contribution in [0.4, 0.5) is 5.13 Å². The van der Waals surface area contributed by atoms with E-state index in [9.17, 15) is 4.79 Å². The Bertz CT molecular complexity index is 1030. The summed E-state index contributed by atoms with van der Waals surface area (Å²) in [5, 5.41) is 9.21. The van der Waals surface area contributed by atoms with Gasteiger partial charge < -0.3 is 9.73 Å². The first-order valence-corrected chi connectivity index (χ1v) is 8.65. The van der Waals surface area contributed by atoms with Crippen molar-refractivity contribution in [3.63, 3.8) is 0 Å². The molecule has 0 saturated carbocycles. The molecule has 1 N–H and O–H groups in total. The largest absolute Gasteiger partial charge is 0.459 e. The van der Waals surface area contributed by atoms with Gasteiger partial charge >= 0.3 is 0 Å². The van der Waals surface area contributed by atoms with Gasteiger partial charge in [0, 0.05) is 17.1 Å². The van der Waals surface area contributed by atoms with Crippen LogP contribution in [0.1, 0.15) is 24.8 Å². The van der Waals surface area contributed by atoms with E-state index in [4.69, 9.17) is 4.42 Å². The van der Waals surface area contributed by atoms with Gasteiger partial charge in [0.05, 0.1) is 6.54 Å². The van der Waals surface area contributed by atoms with Crippen molar-refractivity contribution in [3.8, 4) is 0 Å². The van der Waals surface area contributed by atoms with Crippen molar-refractivity contribution in [2.45, 2.75) is 26.3 Å². The van der Waals surface area contributed by atoms with E-state index in [2.05, 4.69) is 22.3 Å². The van der Waals surface area contributed by atoms with Gasteiger partial charge in [-0.3, -0.25) is 4.79 Å². The van der Waals surface area contributed by atoms with E-state index in [1.54, 1.807) is 6.07 Å². The molecular formula is C17H16N4O2S. The van der Waals surface area contributed by atoms with E-state index < -0.39 is 0 Å². The number of hydrogen-bond acceptors (Lipinski definition) is 6. The Balaban J connectivity index is 1.58. The molecule has 3 heterocycles. The monoisotopic (exact) mass is 340 g/mol. The molecule has 0 bridgehead atoms. The van der Waals surface area contributed by atoms with Gasteiger partial charge in [-0.1, -0.05) is 42.9 Å². The first kappa shape index (κ1) is 14.9. The van der Waals surface area contributed by atoms with Crippen LogP contribution in [0.5, 0.6) is 0 Å². The molecule has 122 valence electrons. The minimum atomic E-state index is -0.142. The van der Waals surface area contributed by atoms with Gasteiger partial charge in [-0.05, 0) is 18.6 Å². The lowest BCUT2D eigenvalue weighted by molar-refractivity contribution is 0.559. The van der Waals surface area contributed by atoms with E-state index in [1.165, 1.54) is 15.9 Å². The van der Waals surface area contributed by atoms with E-state index in [-0.39, 0.29) is 5.56 Å². The fraction of sp³-hybridized carbons (Fsp3) is 0.235. The fourth-order valence-corrected chi connectivity index (χ4v) is 3.42. The maximum absolute atomic E-state index is 12.1. The SMILES string of the molecule is CCCc1cc(=O)n2nc(NCc3cc4ccccc4o3)sc2n1. The maximum Gasteiger partial charge on any atom is 0.275 e. The molecule has 0 spiro atoms. The summed E-state index contributed by atoms with van der Waals surface area (Å²) in [6.45, 7) is 2.57. The zero-order chi connectivity index (χ0) is 16.5. The Kier molecular flexibility index (Phi) is 3.78. The lowest BCUT2D eigenvalue weighted by atomic mass is 10.2. The molecule has 4 aromatic rings. The van der Waals surface area contributed by atoms with Gasteiger partial charge in [0.15, 0.2) is 0 Å². The van der Waals surface area contributed by atoms with Crippen molar-refractivity contribution in [1.82, 2.24) is 14.6 Å². The number of nitrogens with zero attached hydrogens (tertiary/aromatic N) is 3. The number of furan rings is 1. The first-order chi connectivity index (χ1) is 11.7. The number of nitrogens with one attached hydrogen (secondary N) is 1. The molecule has 0 amide bonds. The fourth-order valence-electron chi connectivity index (χ4n) is 2.60. The minimum absolute atomic E-state index is 0.142. The van der Waals surface area contributed by atoms with Crippen LogP contribution < -0.4 is 10.9 Å². The molecule has 0 aliphatic carbocycles. The minimum Gasteiger partial charge on any atom is -0.459 e. The first-order valence-electron chi connectivity index (χ1n) is 7.84. The highest BCUT2D eigenvalue weighted by molar-refractivity contribution is 7.20. The van der Waals surface area contributed by atoms with Gasteiger partial charge in [-0.25, -0.2) is 4.98 Å². The van der Waals surface area contributed by atoms with Gasteiger partial charge in [-0.2, -0.15) is 4.52 Å². The van der Waals surface area contributed by atoms with Crippen LogP contribution in [0.2, 0.25) is 0 Å². The van der Waals surface area contributed by atoms with Crippen molar-refractivity contribution in [2.24, 2.45) is 0 Å². The van der Waals surface area contributed by atoms with Crippen LogP contribution in [-0.4, -0.2) is 14.6 Å². The average molecular weight is 340 g/mol. The summed E-state index contributed by atoms with van der Waals surface area (Å²) in [6, 6.07) is 11.4. The lowest BCUT2D eigenvalue weighted by Crippen LogP contribution is -2.15. The van der Waals surface area contributed by atoms with Gasteiger partial charge in [0.1, 0.15) is 11.3 Å². The van der Waals surface area contributed by atoms with Crippen LogP contribution in [0, 0.1) is 0 Å². The molecule has 6 nitrogen and oxygen atoms in total. The highest BCUT2D eigenvalue weighted by Gasteiger charge is 2.09. The highest BCUT2D eigenvalue weighted by Crippen LogP contribution is 2.21. The van der Waals surface area contributed by atoms with E-state index in [0.717, 1.165) is 35.3 Å². The Morgan fingerprint density at radius 3 is 3.00 bits per heavy atom. The molecule has 0 aliphatic heterocycles. The number of para-hydroxylation sites is 1. The molecule has 0 aliphatic rings. The van der Waals surface area contributed by atoms with E-state index in [1.807, 2.05) is 30.3 Å². The number of benzene rings is 1. The summed E-state index contributed by atoms with van der Waals surface area (Å²) in [6.07, 6.45) is 1.75. The quantitative estimate of drug-likeness (QED) is 0.602. The third-order valence-electron chi connectivity index (χ3n) is 3.69. The van der Waals surface area contributed by atoms with Crippen LogP contribution >= 0.6 is 11.3 Å². The molecule has 0 radical (unpaired) electrons. The van der Waals surface area contributed by atoms with Crippen LogP contribution in [-0.2, 0) is 13.0 Å². The van der Waals surface area contributed by atoms with Crippen molar-refractivity contribution in [1.29, 1.82) is 0 Å². The molecule has 4 rings (SSSR count). The molecule has 0 saturated heterocycles. The van der Waals surface area contributed by atoms with Crippen molar-refractivity contribution in [2.75, 3.05) is 5.32 Å². The average Bonchev–Trinajstić information content (AvgIpc) is 3.16. The van der Waals surface area contributed by atoms with Crippen LogP contribution in [0.25, 0.3) is 15.9 Å². The van der Waals surface area contributed by atoms with Crippen LogP contribution in [0.15, 0.2) is 45.6 Å². The predicted molar refractivity (Wildman–Crippen MR) is 94.7 cm³/mol. The molecule has 0 atom stereocenters. The number of rotatable bonds is 5. The highest BCUT2D eigenvalue weighted by atomic mass is 32.1. The Morgan fingerprint density at radius 1 is 1.29 bits per heavy atom. The van der Waals surface area contributed by atoms with E-state index >= 15 is 0 Å². The van der Waals surface area contributed by atoms with Gasteiger partial charge in [-0.15, -0.1) is 5.10 Å². The third-order valence-corrected chi connectivity index (χ3v) is 4.56. The second kappa shape index (κ2) is 6.09. The van der Waals surface area contributed by atoms with Gasteiger partial charge in [0.25, 0.3) is 5.56 Å². The maximum atomic E-state index is 12.1. The Morgan fingerprint density at radius 2 is 2.17 bits per heavy atom. The second-order valence-corrected chi connectivity index (χ2v) is 6.50. The number of fused-ring (bicyclic) bond motifs is 2. The van der Waals surface area contributed by atoms with Gasteiger partial charge in [0.2, 0.25) is 10.1 Å². The summed E-state index contributed by atoms with van der Waals surface area (Å²) >= 11 is 1.37. The molecule has 7 heteroatoms. The summed E-state index contributed by atoms with van der Waals surface area (Å²) < 4.78 is 7.11. The third kappa shape index (κ3) is 2.78. The Hall–Kier alpha value is -2.67. The topological polar surface area (TPSA) is 72.4 Å². The van der Waals surface area contributed by atoms with E-state index in [0.29, 0.717) is 16.6 Å². The molecule has 0 unspecified atom stereocenters. The molecule has 24 heavy (non-hydrogen) atoms. The number of hydrogen-bond donors (Lipinski definition) is 1. The molecule has 1 aromatic carbocycles. The lowest BCUT2D eigenvalue weighted by Gasteiger charge is -1.97. The molecule has 3 aromatic heterocycles. The zero-order valence-corrected chi connectivity index (χ0v) is 14.0. The number of aryl methyl sites for hydroxylation is 1. The second-order valence-electron chi connectivity index (χ2n) is 5.54. The Labute approximate surface area is 141 Å². The van der Waals surface area contributed by atoms with Crippen molar-refractivity contribution >= 4 is 32.4 Å². The van der Waals surface area contributed by atoms with Crippen molar-refractivity contribution in [3.05, 3.63) is 58.2 Å². The molecular weight excluding hydrogens is 324 g/mol. The zero-order valence-electron chi connectivity index (χ0n) is 13.2. The summed E-state index contributed by atoms with van der Waals surface area (Å²) in [4.78, 5) is 17.2. The van der Waals surface area contributed by atoms with Crippen molar-refractivity contribution < 1.29 is 4.42 Å². The summed E-state index contributed by atoms with van der Waals surface area (Å²) in [7, 11) is 0.